The zero-order valence-corrected chi connectivity index (χ0v) is 10.7. The van der Waals surface area contributed by atoms with E-state index in [1.165, 1.54) is 25.1 Å². The lowest BCUT2D eigenvalue weighted by Gasteiger charge is -2.13. The van der Waals surface area contributed by atoms with Crippen molar-refractivity contribution in [3.05, 3.63) is 39.4 Å². The summed E-state index contributed by atoms with van der Waals surface area (Å²) in [7, 11) is 0. The SMILES string of the molecule is Cc1cc(C(=O)N[C@H](CCO)C(=O)O)ccc1[N+](=O)[O-]. The molecule has 0 saturated carbocycles. The van der Waals surface area contributed by atoms with E-state index in [1.54, 1.807) is 0 Å². The molecule has 0 bridgehead atoms. The van der Waals surface area contributed by atoms with Crippen molar-refractivity contribution in [3.63, 3.8) is 0 Å². The molecule has 0 heterocycles. The number of carbonyl (C=O) groups is 2. The van der Waals surface area contributed by atoms with Gasteiger partial charge in [0.25, 0.3) is 11.6 Å². The van der Waals surface area contributed by atoms with Crippen LogP contribution in [0.1, 0.15) is 22.3 Å². The molecular formula is C12H14N2O6. The molecule has 0 aliphatic rings. The summed E-state index contributed by atoms with van der Waals surface area (Å²) in [6.45, 7) is 1.11. The number of nitro benzene ring substituents is 1. The van der Waals surface area contributed by atoms with Crippen LogP contribution in [0.5, 0.6) is 0 Å². The zero-order chi connectivity index (χ0) is 15.3. The number of hydrogen-bond acceptors (Lipinski definition) is 5. The van der Waals surface area contributed by atoms with Crippen molar-refractivity contribution in [1.82, 2.24) is 5.32 Å². The Hall–Kier alpha value is -2.48. The number of nitro groups is 1. The van der Waals surface area contributed by atoms with E-state index >= 15 is 0 Å². The number of aliphatic hydroxyl groups is 1. The smallest absolute Gasteiger partial charge is 0.326 e. The first-order chi connectivity index (χ1) is 9.36. The lowest BCUT2D eigenvalue weighted by molar-refractivity contribution is -0.385. The number of aliphatic carboxylic acids is 1. The number of carbonyl (C=O) groups excluding carboxylic acids is 1. The maximum atomic E-state index is 11.8. The summed E-state index contributed by atoms with van der Waals surface area (Å²) in [6, 6.07) is 2.54. The summed E-state index contributed by atoms with van der Waals surface area (Å²) in [5, 5.41) is 30.5. The third kappa shape index (κ3) is 3.75. The molecule has 1 aromatic rings. The lowest BCUT2D eigenvalue weighted by Crippen LogP contribution is -2.41. The van der Waals surface area contributed by atoms with Crippen LogP contribution in [0.25, 0.3) is 0 Å². The number of nitrogens with one attached hydrogen (secondary N) is 1. The molecule has 0 aliphatic heterocycles. The van der Waals surface area contributed by atoms with Gasteiger partial charge in [-0.15, -0.1) is 0 Å². The Kier molecular flexibility index (Phi) is 5.15. The fourth-order valence-corrected chi connectivity index (χ4v) is 1.63. The van der Waals surface area contributed by atoms with Crippen LogP contribution < -0.4 is 5.32 Å². The van der Waals surface area contributed by atoms with Crippen LogP contribution in [-0.4, -0.2) is 39.7 Å². The number of carboxylic acid groups (broad SMARTS) is 1. The van der Waals surface area contributed by atoms with E-state index < -0.39 is 22.8 Å². The highest BCUT2D eigenvalue weighted by Gasteiger charge is 2.21. The minimum Gasteiger partial charge on any atom is -0.480 e. The number of hydrogen-bond donors (Lipinski definition) is 3. The van der Waals surface area contributed by atoms with Gasteiger partial charge in [-0.2, -0.15) is 0 Å². The van der Waals surface area contributed by atoms with Gasteiger partial charge in [0.1, 0.15) is 6.04 Å². The quantitative estimate of drug-likeness (QED) is 0.513. The Bertz CT molecular complexity index is 543. The van der Waals surface area contributed by atoms with Crippen LogP contribution in [0.2, 0.25) is 0 Å². The van der Waals surface area contributed by atoms with Crippen LogP contribution >= 0.6 is 0 Å². The Morgan fingerprint density at radius 3 is 2.55 bits per heavy atom. The number of rotatable bonds is 6. The van der Waals surface area contributed by atoms with Gasteiger partial charge in [-0.25, -0.2) is 4.79 Å². The topological polar surface area (TPSA) is 130 Å². The Balaban J connectivity index is 2.90. The fourth-order valence-electron chi connectivity index (χ4n) is 1.63. The van der Waals surface area contributed by atoms with E-state index in [4.69, 9.17) is 10.2 Å². The second-order valence-electron chi connectivity index (χ2n) is 4.13. The van der Waals surface area contributed by atoms with Gasteiger partial charge < -0.3 is 15.5 Å². The predicted octanol–water partition coefficient (Wildman–Crippen LogP) is 0.469. The second-order valence-corrected chi connectivity index (χ2v) is 4.13. The minimum atomic E-state index is -1.26. The van der Waals surface area contributed by atoms with E-state index in [9.17, 15) is 19.7 Å². The maximum Gasteiger partial charge on any atom is 0.326 e. The maximum absolute atomic E-state index is 11.8. The van der Waals surface area contributed by atoms with Gasteiger partial charge in [0, 0.05) is 30.2 Å². The number of aryl methyl sites for hydroxylation is 1. The third-order valence-electron chi connectivity index (χ3n) is 2.68. The first-order valence-electron chi connectivity index (χ1n) is 5.76. The highest BCUT2D eigenvalue weighted by Crippen LogP contribution is 2.18. The van der Waals surface area contributed by atoms with Crippen LogP contribution in [0.3, 0.4) is 0 Å². The summed E-state index contributed by atoms with van der Waals surface area (Å²) in [6.07, 6.45) is -0.118. The molecule has 0 saturated heterocycles. The standard InChI is InChI=1S/C12H14N2O6/c1-7-6-8(2-3-10(7)14(19)20)11(16)13-9(4-5-15)12(17)18/h2-3,6,9,15H,4-5H2,1H3,(H,13,16)(H,17,18)/t9-/m1/s1. The molecule has 1 atom stereocenters. The Morgan fingerprint density at radius 2 is 2.10 bits per heavy atom. The molecule has 1 amide bonds. The van der Waals surface area contributed by atoms with Gasteiger partial charge in [-0.05, 0) is 19.1 Å². The van der Waals surface area contributed by atoms with Crippen molar-refractivity contribution >= 4 is 17.6 Å². The van der Waals surface area contributed by atoms with E-state index in [0.717, 1.165) is 0 Å². The average Bonchev–Trinajstić information content (AvgIpc) is 2.37. The first kappa shape index (κ1) is 15.6. The van der Waals surface area contributed by atoms with Crippen molar-refractivity contribution in [2.45, 2.75) is 19.4 Å². The van der Waals surface area contributed by atoms with Crippen molar-refractivity contribution in [2.24, 2.45) is 0 Å². The molecule has 1 aromatic carbocycles. The molecule has 0 unspecified atom stereocenters. The monoisotopic (exact) mass is 282 g/mol. The van der Waals surface area contributed by atoms with E-state index in [-0.39, 0.29) is 24.3 Å². The Morgan fingerprint density at radius 1 is 1.45 bits per heavy atom. The lowest BCUT2D eigenvalue weighted by atomic mass is 10.1. The van der Waals surface area contributed by atoms with Crippen LogP contribution in [0.15, 0.2) is 18.2 Å². The van der Waals surface area contributed by atoms with Gasteiger partial charge in [0.2, 0.25) is 0 Å². The van der Waals surface area contributed by atoms with E-state index in [1.807, 2.05) is 0 Å². The minimum absolute atomic E-state index is 0.118. The van der Waals surface area contributed by atoms with E-state index in [0.29, 0.717) is 5.56 Å². The molecule has 0 aliphatic carbocycles. The van der Waals surface area contributed by atoms with E-state index in [2.05, 4.69) is 5.32 Å². The van der Waals surface area contributed by atoms with Crippen LogP contribution in [0.4, 0.5) is 5.69 Å². The number of benzene rings is 1. The van der Waals surface area contributed by atoms with Gasteiger partial charge in [-0.3, -0.25) is 14.9 Å². The first-order valence-corrected chi connectivity index (χ1v) is 5.76. The van der Waals surface area contributed by atoms with Crippen molar-refractivity contribution < 1.29 is 24.7 Å². The zero-order valence-electron chi connectivity index (χ0n) is 10.7. The molecule has 0 radical (unpaired) electrons. The summed E-state index contributed by atoms with van der Waals surface area (Å²) < 4.78 is 0. The second kappa shape index (κ2) is 6.62. The molecule has 8 nitrogen and oxygen atoms in total. The number of amides is 1. The van der Waals surface area contributed by atoms with Gasteiger partial charge in [0.05, 0.1) is 4.92 Å². The van der Waals surface area contributed by atoms with Crippen LogP contribution in [0, 0.1) is 17.0 Å². The molecule has 20 heavy (non-hydrogen) atoms. The fraction of sp³-hybridized carbons (Fsp3) is 0.333. The van der Waals surface area contributed by atoms with Crippen molar-refractivity contribution in [3.8, 4) is 0 Å². The molecule has 3 N–H and O–H groups in total. The number of aliphatic hydroxyl groups excluding tert-OH is 1. The van der Waals surface area contributed by atoms with Gasteiger partial charge >= 0.3 is 5.97 Å². The summed E-state index contributed by atoms with van der Waals surface area (Å²) in [5.74, 6) is -1.92. The Labute approximate surface area is 114 Å². The van der Waals surface area contributed by atoms with Crippen molar-refractivity contribution in [1.29, 1.82) is 0 Å². The van der Waals surface area contributed by atoms with Crippen molar-refractivity contribution in [2.75, 3.05) is 6.61 Å². The predicted molar refractivity (Wildman–Crippen MR) is 68.4 cm³/mol. The van der Waals surface area contributed by atoms with Gasteiger partial charge in [0.15, 0.2) is 0 Å². The normalized spacial score (nSPS) is 11.7. The average molecular weight is 282 g/mol. The molecule has 1 rings (SSSR count). The molecule has 0 aromatic heterocycles. The largest absolute Gasteiger partial charge is 0.480 e. The number of carboxylic acids is 1. The van der Waals surface area contributed by atoms with Gasteiger partial charge in [-0.1, -0.05) is 0 Å². The van der Waals surface area contributed by atoms with Crippen LogP contribution in [-0.2, 0) is 4.79 Å². The molecule has 8 heteroatoms. The molecule has 0 fully saturated rings. The molecular weight excluding hydrogens is 268 g/mol. The molecule has 0 spiro atoms. The summed E-state index contributed by atoms with van der Waals surface area (Å²) >= 11 is 0. The molecule has 108 valence electrons. The number of nitrogens with zero attached hydrogens (tertiary/aromatic N) is 1. The summed E-state index contributed by atoms with van der Waals surface area (Å²) in [5.41, 5.74) is 0.306. The highest BCUT2D eigenvalue weighted by atomic mass is 16.6. The summed E-state index contributed by atoms with van der Waals surface area (Å²) in [4.78, 5) is 32.8. The highest BCUT2D eigenvalue weighted by molar-refractivity contribution is 5.97. The third-order valence-corrected chi connectivity index (χ3v) is 2.68.